The van der Waals surface area contributed by atoms with Gasteiger partial charge in [0.15, 0.2) is 6.29 Å². The summed E-state index contributed by atoms with van der Waals surface area (Å²) in [5.74, 6) is 1.87. The van der Waals surface area contributed by atoms with Crippen LogP contribution in [0.1, 0.15) is 46.0 Å². The Balaban J connectivity index is 1.48. The van der Waals surface area contributed by atoms with Crippen LogP contribution in [0.2, 0.25) is 0 Å². The van der Waals surface area contributed by atoms with Crippen molar-refractivity contribution in [2.24, 2.45) is 23.2 Å². The van der Waals surface area contributed by atoms with Crippen LogP contribution < -0.4 is 0 Å². The Morgan fingerprint density at radius 2 is 2.17 bits per heavy atom. The minimum atomic E-state index is -0.102. The Morgan fingerprint density at radius 3 is 2.83 bits per heavy atom. The molecule has 3 heteroatoms. The Hall–Kier alpha value is -0.120. The maximum absolute atomic E-state index is 10.2. The molecule has 1 aliphatic heterocycles. The molecule has 1 unspecified atom stereocenters. The Bertz CT molecular complexity index is 296. The smallest absolute Gasteiger partial charge is 0.157 e. The zero-order valence-corrected chi connectivity index (χ0v) is 11.6. The highest BCUT2D eigenvalue weighted by Crippen LogP contribution is 2.61. The standard InChI is InChI=1S/C15H26O3/c1-15(2)10-8-12(15)11(13(16)9-10)5-7-18-14-4-3-6-17-14/h10-14,16H,3-9H2,1-2H3/t10-,11+,12+,13+,14?/m1/s1. The molecule has 0 radical (unpaired) electrons. The molecule has 5 atom stereocenters. The van der Waals surface area contributed by atoms with Gasteiger partial charge in [0, 0.05) is 13.0 Å². The van der Waals surface area contributed by atoms with Crippen LogP contribution in [0.3, 0.4) is 0 Å². The van der Waals surface area contributed by atoms with Gasteiger partial charge in [0.25, 0.3) is 0 Å². The van der Waals surface area contributed by atoms with E-state index in [4.69, 9.17) is 9.47 Å². The third kappa shape index (κ3) is 2.10. The average Bonchev–Trinajstić information content (AvgIpc) is 2.83. The molecule has 104 valence electrons. The van der Waals surface area contributed by atoms with E-state index in [1.165, 1.54) is 6.42 Å². The first-order valence-electron chi connectivity index (χ1n) is 7.50. The molecular weight excluding hydrogens is 228 g/mol. The first-order valence-corrected chi connectivity index (χ1v) is 7.50. The zero-order chi connectivity index (χ0) is 12.8. The lowest BCUT2D eigenvalue weighted by atomic mass is 9.44. The van der Waals surface area contributed by atoms with Crippen molar-refractivity contribution >= 4 is 0 Å². The van der Waals surface area contributed by atoms with Gasteiger partial charge in [0.2, 0.25) is 0 Å². The van der Waals surface area contributed by atoms with Crippen LogP contribution >= 0.6 is 0 Å². The van der Waals surface area contributed by atoms with Gasteiger partial charge in [-0.25, -0.2) is 0 Å². The molecule has 3 nitrogen and oxygen atoms in total. The Kier molecular flexibility index (Phi) is 3.41. The second-order valence-corrected chi connectivity index (χ2v) is 6.93. The summed E-state index contributed by atoms with van der Waals surface area (Å²) in [6, 6.07) is 0. The Labute approximate surface area is 110 Å². The van der Waals surface area contributed by atoms with Crippen molar-refractivity contribution in [1.82, 2.24) is 0 Å². The topological polar surface area (TPSA) is 38.7 Å². The minimum Gasteiger partial charge on any atom is -0.393 e. The molecule has 2 bridgehead atoms. The number of hydrogen-bond donors (Lipinski definition) is 1. The van der Waals surface area contributed by atoms with Gasteiger partial charge in [0.05, 0.1) is 12.7 Å². The summed E-state index contributed by atoms with van der Waals surface area (Å²) in [6.07, 6.45) is 5.37. The van der Waals surface area contributed by atoms with E-state index >= 15 is 0 Å². The number of ether oxygens (including phenoxy) is 2. The molecule has 3 aliphatic carbocycles. The van der Waals surface area contributed by atoms with Crippen molar-refractivity contribution in [2.75, 3.05) is 13.2 Å². The Morgan fingerprint density at radius 1 is 1.33 bits per heavy atom. The van der Waals surface area contributed by atoms with E-state index in [9.17, 15) is 5.11 Å². The molecule has 0 aromatic heterocycles. The van der Waals surface area contributed by atoms with Gasteiger partial charge in [-0.3, -0.25) is 0 Å². The fourth-order valence-corrected chi connectivity index (χ4v) is 4.33. The minimum absolute atomic E-state index is 0.0212. The predicted octanol–water partition coefficient (Wildman–Crippen LogP) is 2.57. The quantitative estimate of drug-likeness (QED) is 0.838. The summed E-state index contributed by atoms with van der Waals surface area (Å²) >= 11 is 0. The summed E-state index contributed by atoms with van der Waals surface area (Å²) in [5, 5.41) is 10.2. The molecule has 1 saturated heterocycles. The highest BCUT2D eigenvalue weighted by Gasteiger charge is 2.57. The summed E-state index contributed by atoms with van der Waals surface area (Å²) < 4.78 is 11.2. The number of aliphatic hydroxyl groups is 1. The van der Waals surface area contributed by atoms with E-state index in [1.807, 2.05) is 0 Å². The number of aliphatic hydroxyl groups excluding tert-OH is 1. The van der Waals surface area contributed by atoms with Crippen molar-refractivity contribution in [3.8, 4) is 0 Å². The molecule has 0 aromatic rings. The fourth-order valence-electron chi connectivity index (χ4n) is 4.33. The average molecular weight is 254 g/mol. The SMILES string of the molecule is CC1(C)[C@H]2C[C@H](O)[C@@H](CCOC3CCCO3)[C@@H]1C2. The van der Waals surface area contributed by atoms with E-state index in [2.05, 4.69) is 13.8 Å². The van der Waals surface area contributed by atoms with E-state index < -0.39 is 0 Å². The number of fused-ring (bicyclic) bond motifs is 2. The molecule has 4 rings (SSSR count). The van der Waals surface area contributed by atoms with Crippen LogP contribution in [0.4, 0.5) is 0 Å². The molecule has 0 aromatic carbocycles. The van der Waals surface area contributed by atoms with E-state index in [0.717, 1.165) is 44.8 Å². The third-order valence-corrected chi connectivity index (χ3v) is 5.73. The largest absolute Gasteiger partial charge is 0.393 e. The fraction of sp³-hybridized carbons (Fsp3) is 1.00. The van der Waals surface area contributed by atoms with Crippen LogP contribution in [-0.2, 0) is 9.47 Å². The highest BCUT2D eigenvalue weighted by molar-refractivity contribution is 5.06. The molecule has 4 fully saturated rings. The summed E-state index contributed by atoms with van der Waals surface area (Å²) in [6.45, 7) is 6.31. The van der Waals surface area contributed by atoms with Crippen LogP contribution in [0, 0.1) is 23.2 Å². The van der Waals surface area contributed by atoms with Crippen LogP contribution in [0.5, 0.6) is 0 Å². The lowest BCUT2D eigenvalue weighted by Crippen LogP contribution is -2.57. The van der Waals surface area contributed by atoms with Gasteiger partial charge in [-0.05, 0) is 48.9 Å². The van der Waals surface area contributed by atoms with Crippen molar-refractivity contribution in [1.29, 1.82) is 0 Å². The van der Waals surface area contributed by atoms with E-state index in [1.54, 1.807) is 0 Å². The molecule has 0 amide bonds. The molecule has 0 spiro atoms. The van der Waals surface area contributed by atoms with Crippen molar-refractivity contribution in [3.63, 3.8) is 0 Å². The highest BCUT2D eigenvalue weighted by atomic mass is 16.7. The van der Waals surface area contributed by atoms with Crippen LogP contribution in [0.15, 0.2) is 0 Å². The first kappa shape index (κ1) is 12.9. The molecule has 18 heavy (non-hydrogen) atoms. The molecule has 1 heterocycles. The molecular formula is C15H26O3. The zero-order valence-electron chi connectivity index (χ0n) is 11.6. The second kappa shape index (κ2) is 4.77. The van der Waals surface area contributed by atoms with E-state index in [-0.39, 0.29) is 12.4 Å². The first-order chi connectivity index (χ1) is 8.59. The van der Waals surface area contributed by atoms with Crippen LogP contribution in [-0.4, -0.2) is 30.7 Å². The number of hydrogen-bond acceptors (Lipinski definition) is 3. The van der Waals surface area contributed by atoms with Gasteiger partial charge < -0.3 is 14.6 Å². The van der Waals surface area contributed by atoms with E-state index in [0.29, 0.717) is 17.3 Å². The summed E-state index contributed by atoms with van der Waals surface area (Å²) in [5.41, 5.74) is 0.438. The van der Waals surface area contributed by atoms with Gasteiger partial charge in [0.1, 0.15) is 0 Å². The second-order valence-electron chi connectivity index (χ2n) is 6.93. The summed E-state index contributed by atoms with van der Waals surface area (Å²) in [7, 11) is 0. The van der Waals surface area contributed by atoms with Gasteiger partial charge >= 0.3 is 0 Å². The molecule has 1 N–H and O–H groups in total. The number of rotatable bonds is 4. The van der Waals surface area contributed by atoms with Crippen molar-refractivity contribution < 1.29 is 14.6 Å². The van der Waals surface area contributed by atoms with Crippen molar-refractivity contribution in [2.45, 2.75) is 58.3 Å². The maximum Gasteiger partial charge on any atom is 0.157 e. The van der Waals surface area contributed by atoms with Gasteiger partial charge in [-0.15, -0.1) is 0 Å². The maximum atomic E-state index is 10.2. The van der Waals surface area contributed by atoms with Gasteiger partial charge in [-0.1, -0.05) is 13.8 Å². The monoisotopic (exact) mass is 254 g/mol. The summed E-state index contributed by atoms with van der Waals surface area (Å²) in [4.78, 5) is 0. The molecule has 4 aliphatic rings. The normalized spacial score (nSPS) is 45.8. The third-order valence-electron chi connectivity index (χ3n) is 5.73. The predicted molar refractivity (Wildman–Crippen MR) is 69.0 cm³/mol. The van der Waals surface area contributed by atoms with Gasteiger partial charge in [-0.2, -0.15) is 0 Å². The van der Waals surface area contributed by atoms with Crippen LogP contribution in [0.25, 0.3) is 0 Å². The lowest BCUT2D eigenvalue weighted by Gasteiger charge is -2.61. The lowest BCUT2D eigenvalue weighted by molar-refractivity contribution is -0.174. The van der Waals surface area contributed by atoms with Crippen molar-refractivity contribution in [3.05, 3.63) is 0 Å². The molecule has 3 saturated carbocycles.